The summed E-state index contributed by atoms with van der Waals surface area (Å²) in [6.07, 6.45) is 1.85. The molecule has 33 heavy (non-hydrogen) atoms. The van der Waals surface area contributed by atoms with Crippen LogP contribution in [-0.2, 0) is 6.54 Å². The third kappa shape index (κ3) is 5.55. The van der Waals surface area contributed by atoms with Gasteiger partial charge in [-0.15, -0.1) is 0 Å². The average molecular weight is 462 g/mol. The smallest absolute Gasteiger partial charge is 0.253 e. The Hall–Kier alpha value is -3.31. The Balaban J connectivity index is 1.44. The topological polar surface area (TPSA) is 56.1 Å². The van der Waals surface area contributed by atoms with Gasteiger partial charge in [0.1, 0.15) is 11.6 Å². The van der Waals surface area contributed by atoms with E-state index in [0.29, 0.717) is 17.2 Å². The second-order valence-corrected chi connectivity index (χ2v) is 8.56. The molecule has 0 spiro atoms. The third-order valence-corrected chi connectivity index (χ3v) is 5.90. The third-order valence-electron chi connectivity index (χ3n) is 5.57. The van der Waals surface area contributed by atoms with Crippen molar-refractivity contribution >= 4 is 28.5 Å². The summed E-state index contributed by atoms with van der Waals surface area (Å²) >= 11 is 6.20. The fourth-order valence-electron chi connectivity index (χ4n) is 3.91. The van der Waals surface area contributed by atoms with Gasteiger partial charge in [-0.3, -0.25) is 4.79 Å². The van der Waals surface area contributed by atoms with E-state index in [9.17, 15) is 4.79 Å². The molecule has 1 unspecified atom stereocenters. The van der Waals surface area contributed by atoms with Gasteiger partial charge in [-0.25, -0.2) is 4.98 Å². The number of unbranched alkanes of at least 4 members (excludes halogenated alkanes) is 1. The molecule has 4 rings (SSSR count). The Morgan fingerprint density at radius 3 is 2.67 bits per heavy atom. The van der Waals surface area contributed by atoms with Gasteiger partial charge >= 0.3 is 0 Å². The van der Waals surface area contributed by atoms with Crippen molar-refractivity contribution in [3.63, 3.8) is 0 Å². The zero-order valence-corrected chi connectivity index (χ0v) is 19.7. The Morgan fingerprint density at radius 2 is 1.85 bits per heavy atom. The molecule has 1 atom stereocenters. The molecule has 170 valence electrons. The number of ether oxygens (including phenoxy) is 1. The maximum Gasteiger partial charge on any atom is 0.253 e. The van der Waals surface area contributed by atoms with E-state index in [-0.39, 0.29) is 11.9 Å². The molecule has 0 saturated carbocycles. The van der Waals surface area contributed by atoms with Crippen molar-refractivity contribution in [3.05, 3.63) is 94.8 Å². The van der Waals surface area contributed by atoms with Crippen LogP contribution in [0.4, 0.5) is 0 Å². The first-order chi connectivity index (χ1) is 16.0. The van der Waals surface area contributed by atoms with Crippen LogP contribution >= 0.6 is 11.6 Å². The van der Waals surface area contributed by atoms with Gasteiger partial charge in [0.15, 0.2) is 0 Å². The number of hydrogen-bond donors (Lipinski definition) is 1. The number of rotatable bonds is 9. The highest BCUT2D eigenvalue weighted by molar-refractivity contribution is 6.33. The molecule has 6 heteroatoms. The van der Waals surface area contributed by atoms with Crippen LogP contribution in [0.25, 0.3) is 11.0 Å². The van der Waals surface area contributed by atoms with Gasteiger partial charge in [-0.05, 0) is 68.7 Å². The molecule has 1 heterocycles. The summed E-state index contributed by atoms with van der Waals surface area (Å²) in [6, 6.07) is 22.9. The number of benzene rings is 3. The molecule has 0 radical (unpaired) electrons. The lowest BCUT2D eigenvalue weighted by Crippen LogP contribution is -2.29. The number of nitrogens with one attached hydrogen (secondary N) is 1. The molecular formula is C27H28ClN3O2. The standard InChI is InChI=1S/C27H28ClN3O2/c1-19-10-9-11-21(18-19)33-17-8-7-16-31-25-15-6-5-14-24(25)30-26(31)20(2)29-27(32)22-12-3-4-13-23(22)28/h3-6,9-15,18,20H,7-8,16-17H2,1-2H3,(H,29,32). The largest absolute Gasteiger partial charge is 0.494 e. The number of para-hydroxylation sites is 2. The van der Waals surface area contributed by atoms with Gasteiger partial charge in [0.05, 0.1) is 34.3 Å². The summed E-state index contributed by atoms with van der Waals surface area (Å²) in [4.78, 5) is 17.6. The van der Waals surface area contributed by atoms with Gasteiger partial charge < -0.3 is 14.6 Å². The fourth-order valence-corrected chi connectivity index (χ4v) is 4.13. The van der Waals surface area contributed by atoms with Crippen molar-refractivity contribution in [3.8, 4) is 5.75 Å². The minimum atomic E-state index is -0.273. The van der Waals surface area contributed by atoms with Gasteiger partial charge in [0.25, 0.3) is 5.91 Å². The Morgan fingerprint density at radius 1 is 1.06 bits per heavy atom. The van der Waals surface area contributed by atoms with E-state index >= 15 is 0 Å². The number of carbonyl (C=O) groups excluding carboxylic acids is 1. The number of aromatic nitrogens is 2. The second-order valence-electron chi connectivity index (χ2n) is 8.16. The van der Waals surface area contributed by atoms with Crippen LogP contribution < -0.4 is 10.1 Å². The van der Waals surface area contributed by atoms with Gasteiger partial charge in [-0.2, -0.15) is 0 Å². The van der Waals surface area contributed by atoms with E-state index in [2.05, 4.69) is 28.9 Å². The van der Waals surface area contributed by atoms with E-state index < -0.39 is 0 Å². The monoisotopic (exact) mass is 461 g/mol. The van der Waals surface area contributed by atoms with Crippen molar-refractivity contribution in [2.75, 3.05) is 6.61 Å². The Bertz CT molecular complexity index is 1250. The Labute approximate surface area is 199 Å². The number of halogens is 1. The number of nitrogens with zero attached hydrogens (tertiary/aromatic N) is 2. The number of aryl methyl sites for hydroxylation is 2. The van der Waals surface area contributed by atoms with Gasteiger partial charge in [0.2, 0.25) is 0 Å². The highest BCUT2D eigenvalue weighted by Crippen LogP contribution is 2.23. The van der Waals surface area contributed by atoms with Crippen LogP contribution in [-0.4, -0.2) is 22.1 Å². The lowest BCUT2D eigenvalue weighted by molar-refractivity contribution is 0.0938. The summed E-state index contributed by atoms with van der Waals surface area (Å²) in [7, 11) is 0. The van der Waals surface area contributed by atoms with Crippen LogP contribution in [0.5, 0.6) is 5.75 Å². The van der Waals surface area contributed by atoms with E-state index in [0.717, 1.165) is 42.0 Å². The first-order valence-corrected chi connectivity index (χ1v) is 11.6. The summed E-state index contributed by atoms with van der Waals surface area (Å²) in [5, 5.41) is 3.49. The molecule has 0 aliphatic carbocycles. The van der Waals surface area contributed by atoms with Crippen LogP contribution in [0.3, 0.4) is 0 Å². The molecule has 0 bridgehead atoms. The average Bonchev–Trinajstić information content (AvgIpc) is 3.18. The molecule has 1 aromatic heterocycles. The maximum atomic E-state index is 12.8. The minimum absolute atomic E-state index is 0.210. The summed E-state index contributed by atoms with van der Waals surface area (Å²) < 4.78 is 8.08. The second kappa shape index (κ2) is 10.5. The molecule has 0 fully saturated rings. The quantitative estimate of drug-likeness (QED) is 0.295. The van der Waals surface area contributed by atoms with Crippen molar-refractivity contribution in [2.24, 2.45) is 0 Å². The van der Waals surface area contributed by atoms with E-state index in [4.69, 9.17) is 21.3 Å². The number of carbonyl (C=O) groups is 1. The lowest BCUT2D eigenvalue weighted by Gasteiger charge is -2.17. The van der Waals surface area contributed by atoms with Crippen molar-refractivity contribution < 1.29 is 9.53 Å². The normalized spacial score (nSPS) is 12.0. The molecule has 5 nitrogen and oxygen atoms in total. The number of imidazole rings is 1. The van der Waals surface area contributed by atoms with Crippen LogP contribution in [0.15, 0.2) is 72.8 Å². The zero-order valence-electron chi connectivity index (χ0n) is 18.9. The first kappa shape index (κ1) is 22.9. The number of amides is 1. The fraction of sp³-hybridized carbons (Fsp3) is 0.259. The number of hydrogen-bond acceptors (Lipinski definition) is 3. The molecule has 1 amide bonds. The SMILES string of the molecule is Cc1cccc(OCCCCn2c(C(C)NC(=O)c3ccccc3Cl)nc3ccccc32)c1. The van der Waals surface area contributed by atoms with E-state index in [1.54, 1.807) is 18.2 Å². The summed E-state index contributed by atoms with van der Waals surface area (Å²) in [5.41, 5.74) is 3.63. The Kier molecular flexibility index (Phi) is 7.30. The van der Waals surface area contributed by atoms with Gasteiger partial charge in [-0.1, -0.05) is 48.0 Å². The molecule has 1 N–H and O–H groups in total. The van der Waals surface area contributed by atoms with E-state index in [1.165, 1.54) is 5.56 Å². The van der Waals surface area contributed by atoms with Crippen LogP contribution in [0, 0.1) is 6.92 Å². The first-order valence-electron chi connectivity index (χ1n) is 11.2. The van der Waals surface area contributed by atoms with Crippen molar-refractivity contribution in [1.82, 2.24) is 14.9 Å². The maximum absolute atomic E-state index is 12.8. The summed E-state index contributed by atoms with van der Waals surface area (Å²) in [5.74, 6) is 1.52. The molecule has 0 aliphatic heterocycles. The molecule has 4 aromatic rings. The highest BCUT2D eigenvalue weighted by Gasteiger charge is 2.20. The zero-order chi connectivity index (χ0) is 23.2. The van der Waals surface area contributed by atoms with Crippen molar-refractivity contribution in [2.45, 2.75) is 39.3 Å². The number of fused-ring (bicyclic) bond motifs is 1. The summed E-state index contributed by atoms with van der Waals surface area (Å²) in [6.45, 7) is 5.46. The predicted molar refractivity (Wildman–Crippen MR) is 133 cm³/mol. The van der Waals surface area contributed by atoms with Gasteiger partial charge in [0, 0.05) is 6.54 Å². The molecular weight excluding hydrogens is 434 g/mol. The highest BCUT2D eigenvalue weighted by atomic mass is 35.5. The van der Waals surface area contributed by atoms with Crippen LogP contribution in [0.1, 0.15) is 47.6 Å². The van der Waals surface area contributed by atoms with E-state index in [1.807, 2.05) is 49.4 Å². The predicted octanol–water partition coefficient (Wildman–Crippen LogP) is 6.35. The molecule has 0 aliphatic rings. The van der Waals surface area contributed by atoms with Crippen molar-refractivity contribution in [1.29, 1.82) is 0 Å². The minimum Gasteiger partial charge on any atom is -0.494 e. The molecule has 0 saturated heterocycles. The molecule has 3 aromatic carbocycles. The lowest BCUT2D eigenvalue weighted by atomic mass is 10.2. The van der Waals surface area contributed by atoms with Crippen LogP contribution in [0.2, 0.25) is 5.02 Å².